The van der Waals surface area contributed by atoms with Gasteiger partial charge in [-0.05, 0) is 38.0 Å². The van der Waals surface area contributed by atoms with E-state index in [-0.39, 0.29) is 17.1 Å². The van der Waals surface area contributed by atoms with Gasteiger partial charge in [0.2, 0.25) is 0 Å². The van der Waals surface area contributed by atoms with Crippen LogP contribution in [0.5, 0.6) is 0 Å². The molecule has 1 fully saturated rings. The SMILES string of the molecule is CCCCCCCC1(C#N)CCC(C(C)C(=O)c2ccccc2)CC1. The molecule has 0 N–H and O–H groups in total. The summed E-state index contributed by atoms with van der Waals surface area (Å²) < 4.78 is 0. The van der Waals surface area contributed by atoms with Crippen molar-refractivity contribution in [3.05, 3.63) is 35.9 Å². The molecular weight excluding hydrogens is 306 g/mol. The van der Waals surface area contributed by atoms with Gasteiger partial charge >= 0.3 is 0 Å². The Balaban J connectivity index is 1.84. The summed E-state index contributed by atoms with van der Waals surface area (Å²) in [5.41, 5.74) is 0.696. The number of Topliss-reactive ketones (excluding diaryl/α,β-unsaturated/α-hetero) is 1. The van der Waals surface area contributed by atoms with Crippen molar-refractivity contribution >= 4 is 5.78 Å². The second-order valence-corrected chi connectivity index (χ2v) is 7.91. The van der Waals surface area contributed by atoms with Gasteiger partial charge in [0.15, 0.2) is 5.78 Å². The zero-order valence-corrected chi connectivity index (χ0v) is 16.0. The average molecular weight is 340 g/mol. The van der Waals surface area contributed by atoms with E-state index < -0.39 is 0 Å². The predicted molar refractivity (Wildman–Crippen MR) is 103 cm³/mol. The molecule has 136 valence electrons. The minimum absolute atomic E-state index is 0.0589. The van der Waals surface area contributed by atoms with Crippen LogP contribution in [-0.2, 0) is 0 Å². The Morgan fingerprint density at radius 2 is 1.80 bits per heavy atom. The number of nitrogens with zero attached hydrogens (tertiary/aromatic N) is 1. The van der Waals surface area contributed by atoms with Gasteiger partial charge in [-0.1, -0.05) is 76.3 Å². The third-order valence-corrected chi connectivity index (χ3v) is 6.16. The lowest BCUT2D eigenvalue weighted by Gasteiger charge is -2.37. The van der Waals surface area contributed by atoms with Crippen LogP contribution in [0.25, 0.3) is 0 Å². The van der Waals surface area contributed by atoms with Gasteiger partial charge in [-0.25, -0.2) is 0 Å². The molecule has 25 heavy (non-hydrogen) atoms. The third kappa shape index (κ3) is 5.43. The van der Waals surface area contributed by atoms with E-state index in [1.54, 1.807) is 0 Å². The highest BCUT2D eigenvalue weighted by Crippen LogP contribution is 2.44. The van der Waals surface area contributed by atoms with E-state index in [0.717, 1.165) is 37.7 Å². The van der Waals surface area contributed by atoms with E-state index in [2.05, 4.69) is 19.9 Å². The van der Waals surface area contributed by atoms with Crippen LogP contribution in [-0.4, -0.2) is 5.78 Å². The standard InChI is InChI=1S/C23H33NO/c1-3-4-5-6-10-15-23(18-24)16-13-20(14-17-23)19(2)22(25)21-11-8-7-9-12-21/h7-9,11-12,19-20H,3-6,10,13-17H2,1-2H3. The molecule has 1 aliphatic carbocycles. The van der Waals surface area contributed by atoms with Crippen LogP contribution in [0.1, 0.15) is 88.4 Å². The monoisotopic (exact) mass is 339 g/mol. The fourth-order valence-electron chi connectivity index (χ4n) is 4.26. The molecule has 1 aromatic carbocycles. The zero-order chi connectivity index (χ0) is 18.1. The van der Waals surface area contributed by atoms with E-state index in [9.17, 15) is 10.1 Å². The van der Waals surface area contributed by atoms with Crippen molar-refractivity contribution in [3.8, 4) is 6.07 Å². The molecule has 1 unspecified atom stereocenters. The largest absolute Gasteiger partial charge is 0.294 e. The summed E-state index contributed by atoms with van der Waals surface area (Å²) in [7, 11) is 0. The van der Waals surface area contributed by atoms with Crippen LogP contribution in [0, 0.1) is 28.6 Å². The van der Waals surface area contributed by atoms with Gasteiger partial charge in [0.1, 0.15) is 0 Å². The fraction of sp³-hybridized carbons (Fsp3) is 0.652. The van der Waals surface area contributed by atoms with E-state index in [4.69, 9.17) is 0 Å². The van der Waals surface area contributed by atoms with Crippen molar-refractivity contribution in [1.82, 2.24) is 0 Å². The Hall–Kier alpha value is -1.62. The average Bonchev–Trinajstić information content (AvgIpc) is 2.68. The van der Waals surface area contributed by atoms with Gasteiger partial charge in [0, 0.05) is 11.5 Å². The summed E-state index contributed by atoms with van der Waals surface area (Å²) in [6.07, 6.45) is 11.3. The Bertz CT molecular complexity index is 564. The molecule has 1 saturated carbocycles. The molecule has 1 aliphatic rings. The first kappa shape index (κ1) is 19.7. The quantitative estimate of drug-likeness (QED) is 0.377. The highest BCUT2D eigenvalue weighted by Gasteiger charge is 2.38. The fourth-order valence-corrected chi connectivity index (χ4v) is 4.26. The number of unbranched alkanes of at least 4 members (excludes halogenated alkanes) is 4. The van der Waals surface area contributed by atoms with E-state index in [0.29, 0.717) is 5.92 Å². The van der Waals surface area contributed by atoms with Crippen molar-refractivity contribution < 1.29 is 4.79 Å². The third-order valence-electron chi connectivity index (χ3n) is 6.16. The first-order valence-electron chi connectivity index (χ1n) is 10.1. The molecule has 0 bridgehead atoms. The maximum absolute atomic E-state index is 12.7. The molecule has 0 aromatic heterocycles. The molecule has 0 radical (unpaired) electrons. The van der Waals surface area contributed by atoms with Crippen molar-refractivity contribution in [2.45, 2.75) is 78.1 Å². The van der Waals surface area contributed by atoms with Crippen molar-refractivity contribution in [2.24, 2.45) is 17.3 Å². The van der Waals surface area contributed by atoms with Gasteiger partial charge in [-0.15, -0.1) is 0 Å². The van der Waals surface area contributed by atoms with Gasteiger partial charge in [-0.3, -0.25) is 4.79 Å². The second-order valence-electron chi connectivity index (χ2n) is 7.91. The van der Waals surface area contributed by atoms with E-state index in [1.807, 2.05) is 30.3 Å². The summed E-state index contributed by atoms with van der Waals surface area (Å²) in [5, 5.41) is 9.74. The summed E-state index contributed by atoms with van der Waals surface area (Å²) >= 11 is 0. The Kier molecular flexibility index (Phi) is 7.69. The maximum Gasteiger partial charge on any atom is 0.165 e. The minimum Gasteiger partial charge on any atom is -0.294 e. The molecule has 0 saturated heterocycles. The zero-order valence-electron chi connectivity index (χ0n) is 16.0. The first-order chi connectivity index (χ1) is 12.1. The Morgan fingerprint density at radius 1 is 1.16 bits per heavy atom. The molecular formula is C23H33NO. The lowest BCUT2D eigenvalue weighted by Crippen LogP contribution is -2.31. The Morgan fingerprint density at radius 3 is 2.40 bits per heavy atom. The molecule has 1 atom stereocenters. The highest BCUT2D eigenvalue weighted by molar-refractivity contribution is 5.97. The number of rotatable bonds is 9. The summed E-state index contributed by atoms with van der Waals surface area (Å²) in [4.78, 5) is 12.7. The molecule has 0 spiro atoms. The van der Waals surface area contributed by atoms with Crippen molar-refractivity contribution in [2.75, 3.05) is 0 Å². The van der Waals surface area contributed by atoms with E-state index in [1.165, 1.54) is 32.1 Å². The molecule has 2 heteroatoms. The van der Waals surface area contributed by atoms with Crippen LogP contribution in [0.2, 0.25) is 0 Å². The number of hydrogen-bond donors (Lipinski definition) is 0. The van der Waals surface area contributed by atoms with Crippen LogP contribution in [0.4, 0.5) is 0 Å². The number of hydrogen-bond acceptors (Lipinski definition) is 2. The topological polar surface area (TPSA) is 40.9 Å². The molecule has 2 rings (SSSR count). The number of benzene rings is 1. The van der Waals surface area contributed by atoms with Gasteiger partial charge in [0.05, 0.1) is 11.5 Å². The van der Waals surface area contributed by atoms with Gasteiger partial charge < -0.3 is 0 Å². The summed E-state index contributed by atoms with van der Waals surface area (Å²) in [5.74, 6) is 0.743. The number of ketones is 1. The molecule has 2 nitrogen and oxygen atoms in total. The number of carbonyl (C=O) groups is 1. The smallest absolute Gasteiger partial charge is 0.165 e. The normalized spacial score (nSPS) is 24.4. The number of nitriles is 1. The van der Waals surface area contributed by atoms with Crippen LogP contribution in [0.3, 0.4) is 0 Å². The molecule has 1 aromatic rings. The summed E-state index contributed by atoms with van der Waals surface area (Å²) in [6.45, 7) is 4.31. The van der Waals surface area contributed by atoms with Crippen molar-refractivity contribution in [1.29, 1.82) is 5.26 Å². The maximum atomic E-state index is 12.7. The van der Waals surface area contributed by atoms with Gasteiger partial charge in [-0.2, -0.15) is 5.26 Å². The lowest BCUT2D eigenvalue weighted by molar-refractivity contribution is 0.0820. The minimum atomic E-state index is -0.127. The molecule has 0 amide bonds. The van der Waals surface area contributed by atoms with Crippen LogP contribution >= 0.6 is 0 Å². The van der Waals surface area contributed by atoms with Crippen molar-refractivity contribution in [3.63, 3.8) is 0 Å². The number of carbonyl (C=O) groups excluding carboxylic acids is 1. The lowest BCUT2D eigenvalue weighted by atomic mass is 9.65. The molecule has 0 heterocycles. The second kappa shape index (κ2) is 9.76. The Labute approximate surface area is 153 Å². The highest BCUT2D eigenvalue weighted by atomic mass is 16.1. The van der Waals surface area contributed by atoms with E-state index >= 15 is 0 Å². The van der Waals surface area contributed by atoms with Gasteiger partial charge in [0.25, 0.3) is 0 Å². The van der Waals surface area contributed by atoms with Crippen LogP contribution in [0.15, 0.2) is 30.3 Å². The summed E-state index contributed by atoms with van der Waals surface area (Å²) in [6, 6.07) is 12.3. The predicted octanol–water partition coefficient (Wildman–Crippen LogP) is 6.57. The first-order valence-corrected chi connectivity index (χ1v) is 10.1. The molecule has 0 aliphatic heterocycles. The van der Waals surface area contributed by atoms with Crippen LogP contribution < -0.4 is 0 Å².